The minimum absolute atomic E-state index is 0. The number of carbonyl (C=O) groups is 1. The summed E-state index contributed by atoms with van der Waals surface area (Å²) in [4.78, 5) is 9.69. The van der Waals surface area contributed by atoms with Gasteiger partial charge >= 0.3 is 0 Å². The number of rotatable bonds is 1. The van der Waals surface area contributed by atoms with Crippen LogP contribution in [0.5, 0.6) is 0 Å². The molecule has 0 saturated carbocycles. The molecular formula is C3H3NOSY-2. The van der Waals surface area contributed by atoms with E-state index >= 15 is 0 Å². The van der Waals surface area contributed by atoms with Crippen LogP contribution < -0.4 is 5.32 Å². The molecule has 7 heavy (non-hydrogen) atoms. The summed E-state index contributed by atoms with van der Waals surface area (Å²) in [5.41, 5.74) is 1.99. The molecule has 0 aromatic rings. The van der Waals surface area contributed by atoms with Crippen molar-refractivity contribution in [3.8, 4) is 0 Å². The summed E-state index contributed by atoms with van der Waals surface area (Å²) in [6, 6.07) is 0. The molecule has 0 rings (SSSR count). The minimum atomic E-state index is -0.426. The summed E-state index contributed by atoms with van der Waals surface area (Å²) in [5, 5.41) is 2.02. The average Bonchev–Trinajstić information content (AvgIpc) is 1.35. The Morgan fingerprint density at radius 3 is 2.29 bits per heavy atom. The first-order chi connectivity index (χ1) is 2.77. The second-order valence-electron chi connectivity index (χ2n) is 0.650. The Morgan fingerprint density at radius 1 is 1.86 bits per heavy atom. The molecule has 0 atom stereocenters. The molecule has 0 aromatic carbocycles. The molecule has 0 aliphatic rings. The molecule has 0 aromatic heterocycles. The summed E-state index contributed by atoms with van der Waals surface area (Å²) < 4.78 is 0. The molecule has 4 heteroatoms. The van der Waals surface area contributed by atoms with Crippen molar-refractivity contribution in [2.24, 2.45) is 0 Å². The molecule has 0 heterocycles. The number of hydrogen-bond donors (Lipinski definition) is 1. The molecule has 0 spiro atoms. The maximum Gasteiger partial charge on any atom is 0 e. The van der Waals surface area contributed by atoms with Crippen LogP contribution in [-0.2, 0) is 37.5 Å². The van der Waals surface area contributed by atoms with E-state index in [-0.39, 0.29) is 32.7 Å². The number of thiocarbonyl (C=S) groups is 1. The fourth-order valence-corrected chi connectivity index (χ4v) is 0.171. The van der Waals surface area contributed by atoms with Gasteiger partial charge in [-0.15, -0.1) is 0 Å². The third-order valence-corrected chi connectivity index (χ3v) is 0.293. The molecule has 0 unspecified atom stereocenters. The Kier molecular flexibility index (Phi) is 9.80. The van der Waals surface area contributed by atoms with Gasteiger partial charge in [0, 0.05) is 32.7 Å². The van der Waals surface area contributed by atoms with E-state index in [1.807, 2.05) is 10.8 Å². The van der Waals surface area contributed by atoms with Crippen molar-refractivity contribution < 1.29 is 37.5 Å². The molecule has 0 aliphatic heterocycles. The molecular weight excluding hydrogens is 187 g/mol. The number of amides is 1. The number of carbonyl (C=O) groups excluding carboxylic acids is 1. The van der Waals surface area contributed by atoms with Gasteiger partial charge < -0.3 is 17.0 Å². The van der Waals surface area contributed by atoms with Crippen LogP contribution in [-0.4, -0.2) is 11.4 Å². The van der Waals surface area contributed by atoms with Gasteiger partial charge in [0.2, 0.25) is 0 Å². The number of nitrogens with one attached hydrogen (secondary N) is 1. The second-order valence-corrected chi connectivity index (χ2v) is 0.854. The Labute approximate surface area is 72.9 Å². The Hall–Kier alpha value is 0.534. The molecule has 2 nitrogen and oxygen atoms in total. The van der Waals surface area contributed by atoms with Gasteiger partial charge in [-0.1, -0.05) is 11.4 Å². The normalized spacial score (nSPS) is 5.71. The first-order valence-electron chi connectivity index (χ1n) is 1.26. The van der Waals surface area contributed by atoms with Crippen molar-refractivity contribution in [3.05, 3.63) is 6.92 Å². The zero-order valence-electron chi connectivity index (χ0n) is 3.60. The van der Waals surface area contributed by atoms with Crippen molar-refractivity contribution in [1.29, 1.82) is 0 Å². The zero-order valence-corrected chi connectivity index (χ0v) is 7.26. The Balaban J connectivity index is 0. The summed E-state index contributed by atoms with van der Waals surface area (Å²) >= 11 is 4.11. The van der Waals surface area contributed by atoms with E-state index in [0.717, 1.165) is 0 Å². The molecule has 1 radical (unpaired) electrons. The monoisotopic (exact) mass is 190 g/mol. The Morgan fingerprint density at radius 2 is 2.29 bits per heavy atom. The minimum Gasteiger partial charge on any atom is -0.511 e. The van der Waals surface area contributed by atoms with Crippen molar-refractivity contribution in [2.45, 2.75) is 0 Å². The molecule has 0 bridgehead atoms. The third-order valence-electron chi connectivity index (χ3n) is 0.190. The van der Waals surface area contributed by atoms with Gasteiger partial charge in [-0.3, -0.25) is 0 Å². The van der Waals surface area contributed by atoms with E-state index in [1.54, 1.807) is 0 Å². The summed E-state index contributed by atoms with van der Waals surface area (Å²) in [6.07, 6.45) is 0. The van der Waals surface area contributed by atoms with Crippen molar-refractivity contribution in [2.75, 3.05) is 0 Å². The van der Waals surface area contributed by atoms with Crippen LogP contribution in [0.1, 0.15) is 0 Å². The van der Waals surface area contributed by atoms with Crippen LogP contribution in [0.15, 0.2) is 0 Å². The van der Waals surface area contributed by atoms with E-state index in [0.29, 0.717) is 0 Å². The SMILES string of the molecule is [CH2-]C(=O)N[C-]=S.[Y]. The predicted molar refractivity (Wildman–Crippen MR) is 26.1 cm³/mol. The molecule has 0 aliphatic carbocycles. The maximum absolute atomic E-state index is 9.69. The zero-order chi connectivity index (χ0) is 4.99. The summed E-state index contributed by atoms with van der Waals surface area (Å²) in [7, 11) is 0. The van der Waals surface area contributed by atoms with Crippen LogP contribution in [0.2, 0.25) is 0 Å². The van der Waals surface area contributed by atoms with E-state index in [9.17, 15) is 4.79 Å². The number of hydrogen-bond acceptors (Lipinski definition) is 2. The standard InChI is InChI=1S/C3H3NOS.Y/c1-3(5)4-2-6;/h1H2,(H,4,5,6);/q-2;. The van der Waals surface area contributed by atoms with Gasteiger partial charge in [0.05, 0.1) is 0 Å². The molecule has 1 N–H and O–H groups in total. The fraction of sp³-hybridized carbons (Fsp3) is 0. The van der Waals surface area contributed by atoms with Crippen LogP contribution in [0.25, 0.3) is 0 Å². The van der Waals surface area contributed by atoms with Crippen molar-refractivity contribution >= 4 is 23.6 Å². The van der Waals surface area contributed by atoms with Crippen molar-refractivity contribution in [3.63, 3.8) is 0 Å². The van der Waals surface area contributed by atoms with Gasteiger partial charge in [0.15, 0.2) is 0 Å². The van der Waals surface area contributed by atoms with Gasteiger partial charge in [-0.05, 0) is 0 Å². The Bertz CT molecular complexity index is 75.3. The third kappa shape index (κ3) is 10.8. The average molecular weight is 190 g/mol. The largest absolute Gasteiger partial charge is 0.511 e. The van der Waals surface area contributed by atoms with Crippen molar-refractivity contribution in [1.82, 2.24) is 5.32 Å². The van der Waals surface area contributed by atoms with Gasteiger partial charge in [0.1, 0.15) is 0 Å². The quantitative estimate of drug-likeness (QED) is 0.351. The molecule has 0 saturated heterocycles. The van der Waals surface area contributed by atoms with Gasteiger partial charge in [-0.2, -0.15) is 0 Å². The van der Waals surface area contributed by atoms with E-state index in [4.69, 9.17) is 0 Å². The summed E-state index contributed by atoms with van der Waals surface area (Å²) in [6.45, 7) is 2.95. The van der Waals surface area contributed by atoms with E-state index in [2.05, 4.69) is 19.1 Å². The second kappa shape index (κ2) is 6.53. The molecule has 37 valence electrons. The first-order valence-corrected chi connectivity index (χ1v) is 1.67. The topological polar surface area (TPSA) is 29.1 Å². The van der Waals surface area contributed by atoms with Crippen LogP contribution >= 0.6 is 12.2 Å². The molecule has 0 fully saturated rings. The molecule has 1 amide bonds. The first kappa shape index (κ1) is 10.5. The smallest absolute Gasteiger partial charge is 0 e. The van der Waals surface area contributed by atoms with Gasteiger partial charge in [-0.25, -0.2) is 12.2 Å². The van der Waals surface area contributed by atoms with E-state index < -0.39 is 5.91 Å². The van der Waals surface area contributed by atoms with Gasteiger partial charge in [0.25, 0.3) is 0 Å². The van der Waals surface area contributed by atoms with Crippen LogP contribution in [0.3, 0.4) is 0 Å². The predicted octanol–water partition coefficient (Wildman–Crippen LogP) is -0.232. The van der Waals surface area contributed by atoms with E-state index in [1.165, 1.54) is 0 Å². The van der Waals surface area contributed by atoms with Crippen LogP contribution in [0.4, 0.5) is 0 Å². The fourth-order valence-electron chi connectivity index (χ4n) is 0.0569. The summed E-state index contributed by atoms with van der Waals surface area (Å²) in [5.74, 6) is -0.426. The van der Waals surface area contributed by atoms with Crippen LogP contribution in [0, 0.1) is 6.92 Å². The maximum atomic E-state index is 9.69.